The molecule has 31 heavy (non-hydrogen) atoms. The Morgan fingerprint density at radius 3 is 2.52 bits per heavy atom. The van der Waals surface area contributed by atoms with Gasteiger partial charge in [0, 0.05) is 36.9 Å². The van der Waals surface area contributed by atoms with Crippen LogP contribution in [0.1, 0.15) is 34.7 Å². The summed E-state index contributed by atoms with van der Waals surface area (Å²) in [4.78, 5) is 6.83. The van der Waals surface area contributed by atoms with Crippen LogP contribution in [0.4, 0.5) is 5.69 Å². The second-order valence-corrected chi connectivity index (χ2v) is 8.05. The van der Waals surface area contributed by atoms with Crippen LogP contribution in [0.2, 0.25) is 0 Å². The van der Waals surface area contributed by atoms with Crippen LogP contribution >= 0.6 is 12.2 Å². The third-order valence-electron chi connectivity index (χ3n) is 5.90. The zero-order valence-corrected chi connectivity index (χ0v) is 19.1. The summed E-state index contributed by atoms with van der Waals surface area (Å²) < 4.78 is 13.0. The molecule has 0 radical (unpaired) electrons. The molecule has 4 rings (SSSR count). The van der Waals surface area contributed by atoms with E-state index in [-0.39, 0.29) is 12.1 Å². The van der Waals surface area contributed by atoms with E-state index in [0.29, 0.717) is 11.7 Å². The third-order valence-corrected chi connectivity index (χ3v) is 6.21. The van der Waals surface area contributed by atoms with Crippen LogP contribution in [0.5, 0.6) is 5.75 Å². The molecule has 1 fully saturated rings. The van der Waals surface area contributed by atoms with Crippen molar-refractivity contribution in [3.8, 4) is 5.75 Å². The summed E-state index contributed by atoms with van der Waals surface area (Å²) in [7, 11) is 3.41. The monoisotopic (exact) mass is 436 g/mol. The zero-order chi connectivity index (χ0) is 22.0. The van der Waals surface area contributed by atoms with Gasteiger partial charge in [0.15, 0.2) is 5.11 Å². The average molecular weight is 437 g/mol. The predicted octanol–water partition coefficient (Wildman–Crippen LogP) is 4.33. The smallest absolute Gasteiger partial charge is 0.174 e. The molecule has 0 unspecified atom stereocenters. The normalized spacial score (nSPS) is 18.3. The quantitative estimate of drug-likeness (QED) is 0.557. The molecular formula is C24H28N4O2S. The van der Waals surface area contributed by atoms with Crippen molar-refractivity contribution in [2.24, 2.45) is 0 Å². The fourth-order valence-corrected chi connectivity index (χ4v) is 4.69. The lowest BCUT2D eigenvalue weighted by Gasteiger charge is -2.28. The van der Waals surface area contributed by atoms with Crippen LogP contribution < -0.4 is 15.0 Å². The maximum absolute atomic E-state index is 5.82. The van der Waals surface area contributed by atoms with Crippen molar-refractivity contribution in [3.63, 3.8) is 0 Å². The maximum atomic E-state index is 5.82. The minimum atomic E-state index is -0.0628. The van der Waals surface area contributed by atoms with Crippen LogP contribution in [-0.4, -0.2) is 35.5 Å². The van der Waals surface area contributed by atoms with E-state index in [0.717, 1.165) is 23.7 Å². The second kappa shape index (κ2) is 9.08. The van der Waals surface area contributed by atoms with E-state index in [4.69, 9.17) is 21.7 Å². The summed E-state index contributed by atoms with van der Waals surface area (Å²) >= 11 is 5.82. The van der Waals surface area contributed by atoms with Gasteiger partial charge in [-0.25, -0.2) is 0 Å². The summed E-state index contributed by atoms with van der Waals surface area (Å²) in [5, 5.41) is 4.21. The number of nitrogens with zero attached hydrogens (tertiary/aromatic N) is 3. The Kier molecular flexibility index (Phi) is 6.25. The van der Waals surface area contributed by atoms with Crippen molar-refractivity contribution in [2.45, 2.75) is 32.5 Å². The molecule has 0 saturated carbocycles. The minimum Gasteiger partial charge on any atom is -0.497 e. The fourth-order valence-electron chi connectivity index (χ4n) is 4.35. The summed E-state index contributed by atoms with van der Waals surface area (Å²) in [5.74, 6) is 0.817. The Balaban J connectivity index is 1.82. The molecule has 1 saturated heterocycles. The van der Waals surface area contributed by atoms with Gasteiger partial charge in [-0.15, -0.1) is 0 Å². The lowest BCUT2D eigenvalue weighted by atomic mass is 9.96. The molecule has 1 aliphatic rings. The summed E-state index contributed by atoms with van der Waals surface area (Å²) in [5.41, 5.74) is 5.63. The van der Waals surface area contributed by atoms with Gasteiger partial charge in [-0.1, -0.05) is 6.07 Å². The van der Waals surface area contributed by atoms with Crippen molar-refractivity contribution >= 4 is 23.0 Å². The molecule has 0 amide bonds. The highest BCUT2D eigenvalue weighted by Gasteiger charge is 2.42. The molecule has 7 heteroatoms. The summed E-state index contributed by atoms with van der Waals surface area (Å²) in [6.07, 6.45) is 1.83. The number of pyridine rings is 1. The third kappa shape index (κ3) is 4.03. The van der Waals surface area contributed by atoms with E-state index in [1.54, 1.807) is 14.2 Å². The van der Waals surface area contributed by atoms with E-state index in [1.165, 1.54) is 17.0 Å². The number of ether oxygens (including phenoxy) is 2. The van der Waals surface area contributed by atoms with Crippen LogP contribution in [0.15, 0.2) is 54.7 Å². The number of aryl methyl sites for hydroxylation is 1. The standard InChI is InChI=1S/C24H28N4O2S/c1-16-15-20(17(2)27(16)13-14-29-3)23-22(21-7-5-6-12-25-21)26-24(31)28(23)18-8-10-19(30-4)11-9-18/h5-12,15,22-23H,13-14H2,1-4H3,(H,26,31)/t22-,23+/m1/s1. The number of methoxy groups -OCH3 is 2. The SMILES string of the molecule is COCCn1c(C)cc([C@H]2[C@@H](c3ccccn3)NC(=S)N2c2ccc(OC)cc2)c1C. The van der Waals surface area contributed by atoms with Crippen LogP contribution in [0.3, 0.4) is 0 Å². The van der Waals surface area contributed by atoms with Gasteiger partial charge in [0.25, 0.3) is 0 Å². The number of rotatable bonds is 7. The van der Waals surface area contributed by atoms with Crippen molar-refractivity contribution in [1.82, 2.24) is 14.9 Å². The molecule has 162 valence electrons. The van der Waals surface area contributed by atoms with Gasteiger partial charge in [-0.05, 0) is 74.1 Å². The van der Waals surface area contributed by atoms with E-state index in [9.17, 15) is 0 Å². The molecule has 0 spiro atoms. The molecule has 0 aliphatic carbocycles. The van der Waals surface area contributed by atoms with Crippen molar-refractivity contribution in [2.75, 3.05) is 25.7 Å². The number of hydrogen-bond acceptors (Lipinski definition) is 4. The van der Waals surface area contributed by atoms with Crippen molar-refractivity contribution in [3.05, 3.63) is 77.4 Å². The molecule has 1 N–H and O–H groups in total. The lowest BCUT2D eigenvalue weighted by molar-refractivity contribution is 0.186. The first kappa shape index (κ1) is 21.3. The van der Waals surface area contributed by atoms with Gasteiger partial charge in [0.2, 0.25) is 0 Å². The minimum absolute atomic E-state index is 0.0294. The Labute approximate surface area is 188 Å². The number of thiocarbonyl (C=S) groups is 1. The molecule has 0 bridgehead atoms. The maximum Gasteiger partial charge on any atom is 0.174 e. The van der Waals surface area contributed by atoms with Crippen molar-refractivity contribution < 1.29 is 9.47 Å². The zero-order valence-electron chi connectivity index (χ0n) is 18.3. The average Bonchev–Trinajstić information content (AvgIpc) is 3.28. The Hall–Kier alpha value is -2.90. The van der Waals surface area contributed by atoms with E-state index in [1.807, 2.05) is 42.6 Å². The lowest BCUT2D eigenvalue weighted by Crippen LogP contribution is -2.29. The van der Waals surface area contributed by atoms with Gasteiger partial charge in [0.1, 0.15) is 5.75 Å². The molecule has 3 heterocycles. The van der Waals surface area contributed by atoms with Gasteiger partial charge in [0.05, 0.1) is 31.5 Å². The molecule has 2 aromatic heterocycles. The molecule has 1 aromatic carbocycles. The van der Waals surface area contributed by atoms with Crippen LogP contribution in [0, 0.1) is 13.8 Å². The van der Waals surface area contributed by atoms with E-state index in [2.05, 4.69) is 45.7 Å². The molecule has 3 aromatic rings. The number of anilines is 1. The first-order chi connectivity index (χ1) is 15.0. The van der Waals surface area contributed by atoms with Gasteiger partial charge < -0.3 is 24.3 Å². The van der Waals surface area contributed by atoms with Crippen molar-refractivity contribution in [1.29, 1.82) is 0 Å². The molecule has 2 atom stereocenters. The first-order valence-corrected chi connectivity index (χ1v) is 10.8. The number of nitrogens with one attached hydrogen (secondary N) is 1. The number of hydrogen-bond donors (Lipinski definition) is 1. The predicted molar refractivity (Wildman–Crippen MR) is 127 cm³/mol. The first-order valence-electron chi connectivity index (χ1n) is 10.4. The fraction of sp³-hybridized carbons (Fsp3) is 0.333. The van der Waals surface area contributed by atoms with Gasteiger partial charge in [-0.2, -0.15) is 0 Å². The van der Waals surface area contributed by atoms with E-state index < -0.39 is 0 Å². The highest BCUT2D eigenvalue weighted by atomic mass is 32.1. The largest absolute Gasteiger partial charge is 0.497 e. The van der Waals surface area contributed by atoms with Gasteiger partial charge in [-0.3, -0.25) is 4.98 Å². The Morgan fingerprint density at radius 1 is 1.10 bits per heavy atom. The van der Waals surface area contributed by atoms with E-state index >= 15 is 0 Å². The summed E-state index contributed by atoms with van der Waals surface area (Å²) in [6.45, 7) is 5.79. The Bertz CT molecular complexity index is 1050. The highest BCUT2D eigenvalue weighted by Crippen LogP contribution is 2.43. The topological polar surface area (TPSA) is 51.5 Å². The van der Waals surface area contributed by atoms with Crippen LogP contribution in [-0.2, 0) is 11.3 Å². The van der Waals surface area contributed by atoms with Gasteiger partial charge >= 0.3 is 0 Å². The Morgan fingerprint density at radius 2 is 1.87 bits per heavy atom. The second-order valence-electron chi connectivity index (χ2n) is 7.67. The highest BCUT2D eigenvalue weighted by molar-refractivity contribution is 7.80. The number of benzene rings is 1. The number of aromatic nitrogens is 2. The molecular weight excluding hydrogens is 408 g/mol. The summed E-state index contributed by atoms with van der Waals surface area (Å²) in [6, 6.07) is 16.2. The molecule has 6 nitrogen and oxygen atoms in total. The molecule has 1 aliphatic heterocycles. The van der Waals surface area contributed by atoms with Crippen LogP contribution in [0.25, 0.3) is 0 Å².